The first kappa shape index (κ1) is 19.0. The van der Waals surface area contributed by atoms with Gasteiger partial charge in [-0.25, -0.2) is 15.0 Å². The Balaban J connectivity index is 1.79. The molecule has 1 aromatic carbocycles. The topological polar surface area (TPSA) is 88.6 Å². The molecule has 148 valence electrons. The minimum Gasteiger partial charge on any atom is -0.496 e. The van der Waals surface area contributed by atoms with Gasteiger partial charge in [-0.2, -0.15) is 13.8 Å². The maximum atomic E-state index is 13.7. The lowest BCUT2D eigenvalue weighted by Crippen LogP contribution is -2.11. The molecule has 0 fully saturated rings. The molecule has 0 saturated carbocycles. The van der Waals surface area contributed by atoms with Crippen LogP contribution in [0.4, 0.5) is 14.6 Å². The molecule has 3 aromatic heterocycles. The molecule has 4 aromatic rings. The van der Waals surface area contributed by atoms with Gasteiger partial charge in [-0.15, -0.1) is 0 Å². The molecule has 0 spiro atoms. The van der Waals surface area contributed by atoms with Crippen molar-refractivity contribution in [2.75, 3.05) is 12.4 Å². The van der Waals surface area contributed by atoms with Crippen molar-refractivity contribution >= 4 is 28.6 Å². The SMILES string of the molecule is COc1c(-c2cc(F)nc(F)c2)cc(Cl)cc1C(C)Nc1ncnc2[nH]cnc12. The summed E-state index contributed by atoms with van der Waals surface area (Å²) in [6.45, 7) is 1.88. The molecule has 4 rings (SSSR count). The second-order valence-electron chi connectivity index (χ2n) is 6.27. The standard InChI is InChI=1S/C19H15ClF2N6O/c1-9(27-19-16-18(24-7-23-16)25-8-26-19)12-5-11(20)6-13(17(12)29-2)10-3-14(21)28-15(22)4-10/h3-9H,1-2H3,(H2,23,24,25,26,27). The average molecular weight is 417 g/mol. The fraction of sp³-hybridized carbons (Fsp3) is 0.158. The van der Waals surface area contributed by atoms with Gasteiger partial charge < -0.3 is 15.0 Å². The number of hydrogen-bond donors (Lipinski definition) is 2. The molecule has 7 nitrogen and oxygen atoms in total. The van der Waals surface area contributed by atoms with E-state index in [1.807, 2.05) is 6.92 Å². The summed E-state index contributed by atoms with van der Waals surface area (Å²) in [4.78, 5) is 18.6. The Kier molecular flexibility index (Phi) is 4.98. The number of benzene rings is 1. The molecule has 0 saturated heterocycles. The maximum Gasteiger partial charge on any atom is 0.216 e. The highest BCUT2D eigenvalue weighted by atomic mass is 35.5. The Labute approximate surface area is 169 Å². The number of methoxy groups -OCH3 is 1. The van der Waals surface area contributed by atoms with Crippen LogP contribution in [0.3, 0.4) is 0 Å². The third kappa shape index (κ3) is 3.68. The number of imidazole rings is 1. The summed E-state index contributed by atoms with van der Waals surface area (Å²) in [5.74, 6) is -0.923. The number of fused-ring (bicyclic) bond motifs is 1. The van der Waals surface area contributed by atoms with Crippen LogP contribution >= 0.6 is 11.6 Å². The molecule has 1 unspecified atom stereocenters. The number of aromatic nitrogens is 5. The van der Waals surface area contributed by atoms with Crippen molar-refractivity contribution < 1.29 is 13.5 Å². The van der Waals surface area contributed by atoms with Crippen molar-refractivity contribution in [3.8, 4) is 16.9 Å². The van der Waals surface area contributed by atoms with E-state index in [1.165, 1.54) is 19.8 Å². The number of halogens is 3. The first-order chi connectivity index (χ1) is 14.0. The Bertz CT molecular complexity index is 1180. The van der Waals surface area contributed by atoms with E-state index in [4.69, 9.17) is 16.3 Å². The first-order valence-corrected chi connectivity index (χ1v) is 8.95. The van der Waals surface area contributed by atoms with Crippen LogP contribution in [-0.2, 0) is 0 Å². The Morgan fingerprint density at radius 2 is 1.86 bits per heavy atom. The Morgan fingerprint density at radius 1 is 1.10 bits per heavy atom. The molecular formula is C19H15ClF2N6O. The van der Waals surface area contributed by atoms with Gasteiger partial charge in [-0.1, -0.05) is 11.6 Å². The highest BCUT2D eigenvalue weighted by Gasteiger charge is 2.20. The van der Waals surface area contributed by atoms with Crippen molar-refractivity contribution in [1.29, 1.82) is 0 Å². The normalized spacial score (nSPS) is 12.2. The lowest BCUT2D eigenvalue weighted by Gasteiger charge is -2.21. The minimum absolute atomic E-state index is 0.263. The number of rotatable bonds is 5. The molecule has 0 bridgehead atoms. The van der Waals surface area contributed by atoms with Crippen molar-refractivity contribution in [3.05, 3.63) is 59.4 Å². The molecule has 29 heavy (non-hydrogen) atoms. The summed E-state index contributed by atoms with van der Waals surface area (Å²) in [6.07, 6.45) is 2.94. The van der Waals surface area contributed by atoms with Crippen LogP contribution in [0.15, 0.2) is 36.9 Å². The molecule has 0 radical (unpaired) electrons. The molecular weight excluding hydrogens is 402 g/mol. The van der Waals surface area contributed by atoms with Gasteiger partial charge >= 0.3 is 0 Å². The van der Waals surface area contributed by atoms with E-state index in [9.17, 15) is 8.78 Å². The van der Waals surface area contributed by atoms with Gasteiger partial charge in [0.15, 0.2) is 11.5 Å². The number of ether oxygens (including phenoxy) is 1. The van der Waals surface area contributed by atoms with E-state index in [0.717, 1.165) is 12.1 Å². The number of pyridine rings is 1. The largest absolute Gasteiger partial charge is 0.496 e. The van der Waals surface area contributed by atoms with Crippen LogP contribution in [0.5, 0.6) is 5.75 Å². The molecule has 0 aliphatic heterocycles. The lowest BCUT2D eigenvalue weighted by atomic mass is 9.98. The zero-order chi connectivity index (χ0) is 20.5. The third-order valence-corrected chi connectivity index (χ3v) is 4.62. The summed E-state index contributed by atoms with van der Waals surface area (Å²) in [7, 11) is 1.48. The molecule has 0 aliphatic rings. The monoisotopic (exact) mass is 416 g/mol. The number of aromatic amines is 1. The van der Waals surface area contributed by atoms with Crippen LogP contribution in [0.25, 0.3) is 22.3 Å². The second-order valence-corrected chi connectivity index (χ2v) is 6.70. The van der Waals surface area contributed by atoms with Crippen molar-refractivity contribution in [2.45, 2.75) is 13.0 Å². The summed E-state index contributed by atoms with van der Waals surface area (Å²) in [6, 6.07) is 5.22. The molecule has 1 atom stereocenters. The molecule has 0 aliphatic carbocycles. The van der Waals surface area contributed by atoms with Gasteiger partial charge in [-0.3, -0.25) is 0 Å². The predicted octanol–water partition coefficient (Wildman–Crippen LogP) is 4.53. The smallest absolute Gasteiger partial charge is 0.216 e. The van der Waals surface area contributed by atoms with E-state index in [1.54, 1.807) is 12.1 Å². The van der Waals surface area contributed by atoms with E-state index in [2.05, 4.69) is 30.2 Å². The van der Waals surface area contributed by atoms with Crippen molar-refractivity contribution in [1.82, 2.24) is 24.9 Å². The van der Waals surface area contributed by atoms with Crippen LogP contribution < -0.4 is 10.1 Å². The second kappa shape index (κ2) is 7.59. The summed E-state index contributed by atoms with van der Waals surface area (Å²) >= 11 is 6.30. The highest BCUT2D eigenvalue weighted by Crippen LogP contribution is 2.40. The maximum absolute atomic E-state index is 13.7. The average Bonchev–Trinajstić information content (AvgIpc) is 3.16. The third-order valence-electron chi connectivity index (χ3n) is 4.40. The van der Waals surface area contributed by atoms with Crippen molar-refractivity contribution in [3.63, 3.8) is 0 Å². The van der Waals surface area contributed by atoms with Gasteiger partial charge in [0.25, 0.3) is 0 Å². The first-order valence-electron chi connectivity index (χ1n) is 8.57. The summed E-state index contributed by atoms with van der Waals surface area (Å²) in [5, 5.41) is 3.64. The fourth-order valence-electron chi connectivity index (χ4n) is 3.15. The summed E-state index contributed by atoms with van der Waals surface area (Å²) in [5.41, 5.74) is 2.56. The molecule has 2 N–H and O–H groups in total. The van der Waals surface area contributed by atoms with Gasteiger partial charge in [0.1, 0.15) is 17.6 Å². The van der Waals surface area contributed by atoms with Gasteiger partial charge in [0.2, 0.25) is 11.9 Å². The molecule has 3 heterocycles. The number of nitrogens with one attached hydrogen (secondary N) is 2. The predicted molar refractivity (Wildman–Crippen MR) is 105 cm³/mol. The van der Waals surface area contributed by atoms with E-state index < -0.39 is 11.9 Å². The van der Waals surface area contributed by atoms with E-state index in [-0.39, 0.29) is 11.6 Å². The number of nitrogens with zero attached hydrogens (tertiary/aromatic N) is 4. The van der Waals surface area contributed by atoms with Crippen molar-refractivity contribution in [2.24, 2.45) is 0 Å². The van der Waals surface area contributed by atoms with Gasteiger partial charge in [0, 0.05) is 28.3 Å². The van der Waals surface area contributed by atoms with Gasteiger partial charge in [0.05, 0.1) is 19.5 Å². The minimum atomic E-state index is -0.934. The quantitative estimate of drug-likeness (QED) is 0.465. The Hall–Kier alpha value is -3.33. The fourth-order valence-corrected chi connectivity index (χ4v) is 3.38. The van der Waals surface area contributed by atoms with Crippen LogP contribution in [0.2, 0.25) is 5.02 Å². The highest BCUT2D eigenvalue weighted by molar-refractivity contribution is 6.31. The van der Waals surface area contributed by atoms with Crippen LogP contribution in [0.1, 0.15) is 18.5 Å². The number of hydrogen-bond acceptors (Lipinski definition) is 6. The Morgan fingerprint density at radius 3 is 2.59 bits per heavy atom. The summed E-state index contributed by atoms with van der Waals surface area (Å²) < 4.78 is 32.9. The zero-order valence-electron chi connectivity index (χ0n) is 15.4. The molecule has 0 amide bonds. The lowest BCUT2D eigenvalue weighted by molar-refractivity contribution is 0.409. The van der Waals surface area contributed by atoms with E-state index in [0.29, 0.717) is 38.9 Å². The molecule has 10 heteroatoms. The van der Waals surface area contributed by atoms with Crippen LogP contribution in [0, 0.1) is 11.9 Å². The van der Waals surface area contributed by atoms with Gasteiger partial charge in [-0.05, 0) is 24.6 Å². The number of H-pyrrole nitrogens is 1. The van der Waals surface area contributed by atoms with Crippen LogP contribution in [-0.4, -0.2) is 32.0 Å². The van der Waals surface area contributed by atoms with E-state index >= 15 is 0 Å². The number of anilines is 1. The zero-order valence-corrected chi connectivity index (χ0v) is 16.1.